The summed E-state index contributed by atoms with van der Waals surface area (Å²) in [6.07, 6.45) is 3.80. The van der Waals surface area contributed by atoms with Gasteiger partial charge in [-0.05, 0) is 37.5 Å². The third-order valence-corrected chi connectivity index (χ3v) is 4.05. The lowest BCUT2D eigenvalue weighted by Crippen LogP contribution is -2.28. The average molecular weight is 364 g/mol. The van der Waals surface area contributed by atoms with Crippen LogP contribution < -0.4 is 5.32 Å². The molecular weight excluding hydrogens is 342 g/mol. The molecule has 1 aliphatic heterocycles. The largest absolute Gasteiger partial charge is 0.465 e. The Labute approximate surface area is 152 Å². The van der Waals surface area contributed by atoms with E-state index < -0.39 is 0 Å². The van der Waals surface area contributed by atoms with E-state index in [2.05, 4.69) is 10.3 Å². The lowest BCUT2D eigenvalue weighted by Gasteiger charge is -2.26. The van der Waals surface area contributed by atoms with Gasteiger partial charge in [0.15, 0.2) is 6.29 Å². The van der Waals surface area contributed by atoms with Crippen LogP contribution in [0.25, 0.3) is 0 Å². The van der Waals surface area contributed by atoms with Crippen LogP contribution in [0.3, 0.4) is 0 Å². The molecule has 25 heavy (non-hydrogen) atoms. The number of aldehydes is 1. The molecule has 1 aliphatic rings. The third kappa shape index (κ3) is 5.60. The second-order valence-corrected chi connectivity index (χ2v) is 6.17. The van der Waals surface area contributed by atoms with Crippen molar-refractivity contribution in [3.05, 3.63) is 46.2 Å². The number of carbonyl (C=O) groups is 2. The zero-order valence-electron chi connectivity index (χ0n) is 14.4. The number of carbonyl (C=O) groups excluding carboxylic acids is 2. The minimum atomic E-state index is -0.314. The Balaban J connectivity index is 2.02. The molecule has 0 spiro atoms. The monoisotopic (exact) mass is 363 g/mol. The molecular formula is C18H22ClN3O3. The highest BCUT2D eigenvalue weighted by molar-refractivity contribution is 6.30. The molecule has 0 saturated heterocycles. The number of hydrogen-bond donors (Lipinski definition) is 1. The first-order chi connectivity index (χ1) is 12.0. The van der Waals surface area contributed by atoms with Crippen LogP contribution >= 0.6 is 11.6 Å². The van der Waals surface area contributed by atoms with Crippen molar-refractivity contribution in [2.45, 2.75) is 25.8 Å². The first kappa shape index (κ1) is 19.0. The van der Waals surface area contributed by atoms with E-state index in [1.54, 1.807) is 25.2 Å². The molecule has 0 aromatic heterocycles. The Kier molecular flexibility index (Phi) is 7.01. The summed E-state index contributed by atoms with van der Waals surface area (Å²) in [6, 6.07) is 7.61. The minimum Gasteiger partial charge on any atom is -0.465 e. The van der Waals surface area contributed by atoms with E-state index in [1.165, 1.54) is 0 Å². The topological polar surface area (TPSA) is 71.0 Å². The number of rotatable bonds is 7. The highest BCUT2D eigenvalue weighted by Crippen LogP contribution is 2.28. The van der Waals surface area contributed by atoms with Gasteiger partial charge in [-0.1, -0.05) is 23.7 Å². The highest BCUT2D eigenvalue weighted by atomic mass is 35.5. The molecule has 0 amide bonds. The fourth-order valence-electron chi connectivity index (χ4n) is 2.56. The quantitative estimate of drug-likeness (QED) is 0.349. The predicted molar refractivity (Wildman–Crippen MR) is 97.4 cm³/mol. The van der Waals surface area contributed by atoms with E-state index in [4.69, 9.17) is 16.3 Å². The molecule has 0 unspecified atom stereocenters. The number of nitrogens with zero attached hydrogens (tertiary/aromatic N) is 2. The van der Waals surface area contributed by atoms with Gasteiger partial charge in [-0.2, -0.15) is 0 Å². The van der Waals surface area contributed by atoms with Crippen molar-refractivity contribution in [3.8, 4) is 0 Å². The lowest BCUT2D eigenvalue weighted by molar-refractivity contribution is -0.143. The summed E-state index contributed by atoms with van der Waals surface area (Å²) in [4.78, 5) is 28.8. The number of benzene rings is 1. The van der Waals surface area contributed by atoms with Crippen molar-refractivity contribution in [3.63, 3.8) is 0 Å². The molecule has 7 heteroatoms. The SMILES string of the molecule is CCOC(=O)CN(C)C=NC1=C(C=O)N[C@H](c2ccc(Cl)cc2)CC1. The van der Waals surface area contributed by atoms with Gasteiger partial charge >= 0.3 is 5.97 Å². The van der Waals surface area contributed by atoms with Gasteiger partial charge in [-0.25, -0.2) is 4.99 Å². The van der Waals surface area contributed by atoms with Crippen LogP contribution in [0, 0.1) is 0 Å². The standard InChI is InChI=1S/C18H22ClN3O3/c1-3-25-18(24)10-22(2)12-20-16-9-8-15(21-17(16)11-23)13-4-6-14(19)7-5-13/h4-7,11-12,15,21H,3,8-10H2,1-2H3/t15-/m0/s1. The number of hydrogen-bond acceptors (Lipinski definition) is 5. The van der Waals surface area contributed by atoms with Gasteiger partial charge < -0.3 is 15.0 Å². The molecule has 0 radical (unpaired) electrons. The Bertz CT molecular complexity index is 671. The molecule has 1 N–H and O–H groups in total. The first-order valence-electron chi connectivity index (χ1n) is 8.13. The Morgan fingerprint density at radius 3 is 2.80 bits per heavy atom. The molecule has 1 aromatic rings. The van der Waals surface area contributed by atoms with E-state index >= 15 is 0 Å². The summed E-state index contributed by atoms with van der Waals surface area (Å²) in [7, 11) is 1.73. The summed E-state index contributed by atoms with van der Waals surface area (Å²) in [5.74, 6) is -0.314. The van der Waals surface area contributed by atoms with E-state index in [9.17, 15) is 9.59 Å². The summed E-state index contributed by atoms with van der Waals surface area (Å²) >= 11 is 5.91. The second-order valence-electron chi connectivity index (χ2n) is 5.73. The van der Waals surface area contributed by atoms with Crippen molar-refractivity contribution in [1.82, 2.24) is 10.2 Å². The fourth-order valence-corrected chi connectivity index (χ4v) is 2.69. The highest BCUT2D eigenvalue weighted by Gasteiger charge is 2.21. The van der Waals surface area contributed by atoms with Gasteiger partial charge in [-0.15, -0.1) is 0 Å². The number of esters is 1. The number of likely N-dealkylation sites (N-methyl/N-ethyl adjacent to an activating group) is 1. The zero-order valence-corrected chi connectivity index (χ0v) is 15.1. The smallest absolute Gasteiger partial charge is 0.325 e. The molecule has 0 saturated carbocycles. The number of nitrogens with one attached hydrogen (secondary N) is 1. The molecule has 0 bridgehead atoms. The summed E-state index contributed by atoms with van der Waals surface area (Å²) in [5, 5.41) is 3.90. The van der Waals surface area contributed by atoms with Crippen molar-refractivity contribution >= 4 is 30.2 Å². The van der Waals surface area contributed by atoms with Crippen LogP contribution in [0.2, 0.25) is 5.02 Å². The molecule has 1 aromatic carbocycles. The number of allylic oxidation sites excluding steroid dienone is 2. The fraction of sp³-hybridized carbons (Fsp3) is 0.389. The van der Waals surface area contributed by atoms with E-state index in [-0.39, 0.29) is 18.6 Å². The molecule has 0 fully saturated rings. The molecule has 0 aliphatic carbocycles. The Morgan fingerprint density at radius 1 is 1.44 bits per heavy atom. The third-order valence-electron chi connectivity index (χ3n) is 3.80. The van der Waals surface area contributed by atoms with Crippen molar-refractivity contribution in [2.75, 3.05) is 20.2 Å². The van der Waals surface area contributed by atoms with E-state index in [0.717, 1.165) is 18.3 Å². The normalized spacial score (nSPS) is 17.3. The van der Waals surface area contributed by atoms with Gasteiger partial charge in [0.05, 0.1) is 30.4 Å². The van der Waals surface area contributed by atoms with Crippen LogP contribution in [0.4, 0.5) is 0 Å². The van der Waals surface area contributed by atoms with E-state index in [0.29, 0.717) is 29.4 Å². The van der Waals surface area contributed by atoms with Gasteiger partial charge in [0, 0.05) is 12.1 Å². The number of ether oxygens (including phenoxy) is 1. The molecule has 6 nitrogen and oxygen atoms in total. The van der Waals surface area contributed by atoms with E-state index in [1.807, 2.05) is 24.3 Å². The summed E-state index contributed by atoms with van der Waals surface area (Å²) in [6.45, 7) is 2.22. The van der Waals surface area contributed by atoms with Crippen LogP contribution in [-0.4, -0.2) is 43.7 Å². The maximum atomic E-state index is 11.4. The average Bonchev–Trinajstić information content (AvgIpc) is 2.60. The number of halogens is 1. The van der Waals surface area contributed by atoms with Gasteiger partial charge in [-0.3, -0.25) is 9.59 Å². The zero-order chi connectivity index (χ0) is 18.2. The van der Waals surface area contributed by atoms with Crippen LogP contribution in [0.15, 0.2) is 40.7 Å². The Morgan fingerprint density at radius 2 is 2.16 bits per heavy atom. The molecule has 2 rings (SSSR count). The van der Waals surface area contributed by atoms with Gasteiger partial charge in [0.1, 0.15) is 6.54 Å². The Hall–Kier alpha value is -2.34. The predicted octanol–water partition coefficient (Wildman–Crippen LogP) is 2.70. The van der Waals surface area contributed by atoms with Crippen molar-refractivity contribution in [2.24, 2.45) is 4.99 Å². The van der Waals surface area contributed by atoms with Crippen LogP contribution in [-0.2, 0) is 14.3 Å². The van der Waals surface area contributed by atoms with Crippen molar-refractivity contribution in [1.29, 1.82) is 0 Å². The second kappa shape index (κ2) is 9.22. The molecule has 1 heterocycles. The lowest BCUT2D eigenvalue weighted by atomic mass is 9.97. The maximum Gasteiger partial charge on any atom is 0.325 e. The molecule has 134 valence electrons. The minimum absolute atomic E-state index is 0.0497. The number of aliphatic imine (C=N–C) groups is 1. The summed E-state index contributed by atoms with van der Waals surface area (Å²) < 4.78 is 4.89. The van der Waals surface area contributed by atoms with Crippen molar-refractivity contribution < 1.29 is 14.3 Å². The maximum absolute atomic E-state index is 11.4. The van der Waals surface area contributed by atoms with Crippen LogP contribution in [0.1, 0.15) is 31.4 Å². The summed E-state index contributed by atoms with van der Waals surface area (Å²) in [5.41, 5.74) is 2.22. The van der Waals surface area contributed by atoms with Crippen LogP contribution in [0.5, 0.6) is 0 Å². The van der Waals surface area contributed by atoms with Gasteiger partial charge in [0.2, 0.25) is 0 Å². The first-order valence-corrected chi connectivity index (χ1v) is 8.51. The molecule has 1 atom stereocenters. The van der Waals surface area contributed by atoms with Gasteiger partial charge in [0.25, 0.3) is 0 Å².